The smallest absolute Gasteiger partial charge is 0.255 e. The van der Waals surface area contributed by atoms with Crippen LogP contribution >= 0.6 is 11.3 Å². The normalized spacial score (nSPS) is 12.1. The molecule has 0 aliphatic heterocycles. The van der Waals surface area contributed by atoms with Crippen LogP contribution in [0.5, 0.6) is 0 Å². The molecule has 1 amide bonds. The van der Waals surface area contributed by atoms with Gasteiger partial charge in [-0.25, -0.2) is 0 Å². The number of rotatable bonds is 8. The number of likely N-dealkylation sites (N-methyl/N-ethyl adjacent to an activating group) is 1. The fourth-order valence-corrected chi connectivity index (χ4v) is 4.30. The van der Waals surface area contributed by atoms with Gasteiger partial charge < -0.3 is 10.2 Å². The summed E-state index contributed by atoms with van der Waals surface area (Å²) in [6.45, 7) is 1.14. The molecule has 158 valence electrons. The highest BCUT2D eigenvalue weighted by molar-refractivity contribution is 7.08. The maximum absolute atomic E-state index is 13.2. The summed E-state index contributed by atoms with van der Waals surface area (Å²) in [5.74, 6) is -0.111. The number of carbonyl (C=O) groups is 1. The maximum atomic E-state index is 13.2. The first-order chi connectivity index (χ1) is 15.1. The third-order valence-electron chi connectivity index (χ3n) is 5.25. The molecule has 6 heteroatoms. The molecule has 0 aliphatic carbocycles. The van der Waals surface area contributed by atoms with Crippen molar-refractivity contribution in [2.45, 2.75) is 12.6 Å². The number of hydrogen-bond acceptors (Lipinski definition) is 4. The summed E-state index contributed by atoms with van der Waals surface area (Å²) in [7, 11) is 4.06. The van der Waals surface area contributed by atoms with E-state index in [-0.39, 0.29) is 11.9 Å². The molecule has 0 fully saturated rings. The third kappa shape index (κ3) is 5.10. The lowest BCUT2D eigenvalue weighted by atomic mass is 10.1. The highest BCUT2D eigenvalue weighted by atomic mass is 32.1. The van der Waals surface area contributed by atoms with Crippen molar-refractivity contribution in [3.05, 3.63) is 100 Å². The molecule has 0 spiro atoms. The predicted octanol–water partition coefficient (Wildman–Crippen LogP) is 4.69. The average molecular weight is 431 g/mol. The molecule has 31 heavy (non-hydrogen) atoms. The largest absolute Gasteiger partial charge is 0.350 e. The molecule has 1 unspecified atom stereocenters. The minimum atomic E-state index is -0.111. The Kier molecular flexibility index (Phi) is 6.60. The van der Waals surface area contributed by atoms with Gasteiger partial charge >= 0.3 is 0 Å². The highest BCUT2D eigenvalue weighted by Crippen LogP contribution is 2.24. The van der Waals surface area contributed by atoms with E-state index >= 15 is 0 Å². The van der Waals surface area contributed by atoms with Gasteiger partial charge in [0, 0.05) is 18.3 Å². The maximum Gasteiger partial charge on any atom is 0.255 e. The van der Waals surface area contributed by atoms with Gasteiger partial charge in [0.05, 0.1) is 18.2 Å². The second kappa shape index (κ2) is 9.73. The summed E-state index contributed by atoms with van der Waals surface area (Å²) in [5, 5.41) is 12.1. The van der Waals surface area contributed by atoms with Gasteiger partial charge in [-0.1, -0.05) is 60.7 Å². The van der Waals surface area contributed by atoms with Crippen molar-refractivity contribution in [1.82, 2.24) is 20.0 Å². The zero-order valence-electron chi connectivity index (χ0n) is 17.7. The molecule has 2 aromatic heterocycles. The first kappa shape index (κ1) is 21.0. The Morgan fingerprint density at radius 1 is 1.06 bits per heavy atom. The Morgan fingerprint density at radius 2 is 1.77 bits per heavy atom. The van der Waals surface area contributed by atoms with Crippen LogP contribution in [0, 0.1) is 0 Å². The topological polar surface area (TPSA) is 50.2 Å². The van der Waals surface area contributed by atoms with Crippen molar-refractivity contribution >= 4 is 17.2 Å². The van der Waals surface area contributed by atoms with Gasteiger partial charge in [0.2, 0.25) is 0 Å². The van der Waals surface area contributed by atoms with Gasteiger partial charge in [-0.15, -0.1) is 0 Å². The van der Waals surface area contributed by atoms with E-state index in [9.17, 15) is 4.79 Å². The standard InChI is InChI=1S/C25H26N4OS/c1-28(2)23(21-13-14-31-18-21)15-26-25(30)22-17-29(16-19-9-5-3-6-10-19)27-24(22)20-11-7-4-8-12-20/h3-14,17-18,23H,15-16H2,1-2H3,(H,26,30). The Morgan fingerprint density at radius 3 is 2.42 bits per heavy atom. The number of aromatic nitrogens is 2. The minimum Gasteiger partial charge on any atom is -0.350 e. The van der Waals surface area contributed by atoms with Crippen LogP contribution in [0.1, 0.15) is 27.5 Å². The first-order valence-corrected chi connectivity index (χ1v) is 11.2. The molecule has 0 radical (unpaired) electrons. The molecule has 0 bridgehead atoms. The quantitative estimate of drug-likeness (QED) is 0.441. The van der Waals surface area contributed by atoms with Crippen LogP contribution in [-0.2, 0) is 6.54 Å². The predicted molar refractivity (Wildman–Crippen MR) is 126 cm³/mol. The van der Waals surface area contributed by atoms with Crippen LogP contribution in [-0.4, -0.2) is 41.2 Å². The molecular weight excluding hydrogens is 404 g/mol. The molecule has 0 aliphatic rings. The van der Waals surface area contributed by atoms with Crippen molar-refractivity contribution in [3.8, 4) is 11.3 Å². The van der Waals surface area contributed by atoms with Crippen molar-refractivity contribution in [2.75, 3.05) is 20.6 Å². The van der Waals surface area contributed by atoms with Gasteiger partial charge in [0.25, 0.3) is 5.91 Å². The fourth-order valence-electron chi connectivity index (χ4n) is 3.60. The molecule has 4 rings (SSSR count). The molecule has 2 heterocycles. The Labute approximate surface area is 187 Å². The van der Waals surface area contributed by atoms with E-state index in [4.69, 9.17) is 5.10 Å². The van der Waals surface area contributed by atoms with E-state index < -0.39 is 0 Å². The minimum absolute atomic E-state index is 0.111. The molecule has 4 aromatic rings. The summed E-state index contributed by atoms with van der Waals surface area (Å²) < 4.78 is 1.84. The molecule has 1 N–H and O–H groups in total. The number of amides is 1. The van der Waals surface area contributed by atoms with E-state index in [1.807, 2.05) is 73.5 Å². The monoisotopic (exact) mass is 430 g/mol. The SMILES string of the molecule is CN(C)C(CNC(=O)c1cn(Cc2ccccc2)nc1-c1ccccc1)c1ccsc1. The van der Waals surface area contributed by atoms with Crippen LogP contribution in [0.2, 0.25) is 0 Å². The zero-order valence-corrected chi connectivity index (χ0v) is 18.5. The summed E-state index contributed by atoms with van der Waals surface area (Å²) in [5.41, 5.74) is 4.57. The number of benzene rings is 2. The molecule has 5 nitrogen and oxygen atoms in total. The third-order valence-corrected chi connectivity index (χ3v) is 5.95. The first-order valence-electron chi connectivity index (χ1n) is 10.3. The van der Waals surface area contributed by atoms with Crippen LogP contribution in [0.15, 0.2) is 83.7 Å². The Bertz CT molecular complexity index is 1110. The second-order valence-corrected chi connectivity index (χ2v) is 8.47. The van der Waals surface area contributed by atoms with Crippen LogP contribution in [0.25, 0.3) is 11.3 Å². The fraction of sp³-hybridized carbons (Fsp3) is 0.200. The lowest BCUT2D eigenvalue weighted by Crippen LogP contribution is -2.34. The number of hydrogen-bond donors (Lipinski definition) is 1. The van der Waals surface area contributed by atoms with Gasteiger partial charge in [-0.05, 0) is 42.0 Å². The van der Waals surface area contributed by atoms with Crippen LogP contribution in [0.3, 0.4) is 0 Å². The van der Waals surface area contributed by atoms with Crippen LogP contribution < -0.4 is 5.32 Å². The number of nitrogens with zero attached hydrogens (tertiary/aromatic N) is 3. The van der Waals surface area contributed by atoms with Crippen LogP contribution in [0.4, 0.5) is 0 Å². The van der Waals surface area contributed by atoms with Gasteiger partial charge in [0.15, 0.2) is 0 Å². The summed E-state index contributed by atoms with van der Waals surface area (Å²) >= 11 is 1.67. The van der Waals surface area contributed by atoms with E-state index in [0.29, 0.717) is 24.3 Å². The lowest BCUT2D eigenvalue weighted by molar-refractivity contribution is 0.0942. The van der Waals surface area contributed by atoms with Gasteiger partial charge in [-0.2, -0.15) is 16.4 Å². The van der Waals surface area contributed by atoms with E-state index in [1.54, 1.807) is 11.3 Å². The van der Waals surface area contributed by atoms with Crippen molar-refractivity contribution in [2.24, 2.45) is 0 Å². The molecule has 1 atom stereocenters. The summed E-state index contributed by atoms with van der Waals surface area (Å²) in [6.07, 6.45) is 1.85. The summed E-state index contributed by atoms with van der Waals surface area (Å²) in [4.78, 5) is 15.3. The van der Waals surface area contributed by atoms with E-state index in [2.05, 4.69) is 39.2 Å². The zero-order chi connectivity index (χ0) is 21.6. The number of carbonyl (C=O) groups excluding carboxylic acids is 1. The van der Waals surface area contributed by atoms with Gasteiger partial charge in [-0.3, -0.25) is 9.48 Å². The summed E-state index contributed by atoms with van der Waals surface area (Å²) in [6, 6.07) is 22.2. The molecular formula is C25H26N4OS. The highest BCUT2D eigenvalue weighted by Gasteiger charge is 2.21. The molecule has 2 aromatic carbocycles. The van der Waals surface area contributed by atoms with Crippen molar-refractivity contribution < 1.29 is 4.79 Å². The number of nitrogens with one attached hydrogen (secondary N) is 1. The molecule has 0 saturated heterocycles. The Hall–Kier alpha value is -3.22. The lowest BCUT2D eigenvalue weighted by Gasteiger charge is -2.24. The number of thiophene rings is 1. The Balaban J connectivity index is 1.58. The van der Waals surface area contributed by atoms with Gasteiger partial charge in [0.1, 0.15) is 5.69 Å². The molecule has 0 saturated carbocycles. The van der Waals surface area contributed by atoms with E-state index in [1.165, 1.54) is 5.56 Å². The average Bonchev–Trinajstić information content (AvgIpc) is 3.45. The van der Waals surface area contributed by atoms with Crippen molar-refractivity contribution in [3.63, 3.8) is 0 Å². The van der Waals surface area contributed by atoms with E-state index in [0.717, 1.165) is 11.1 Å². The van der Waals surface area contributed by atoms with Crippen molar-refractivity contribution in [1.29, 1.82) is 0 Å². The second-order valence-electron chi connectivity index (χ2n) is 7.69.